The molecule has 0 spiro atoms. The number of rotatable bonds is 12. The molecule has 6 aromatic rings. The Morgan fingerprint density at radius 2 is 1.23 bits per heavy atom. The summed E-state index contributed by atoms with van der Waals surface area (Å²) < 4.78 is 15.0. The molecule has 8 rings (SSSR count). The first kappa shape index (κ1) is 41.7. The molecule has 0 bridgehead atoms. The fourth-order valence-electron chi connectivity index (χ4n) is 8.39. The second-order valence-corrected chi connectivity index (χ2v) is 15.5. The molecule has 2 fully saturated rings. The van der Waals surface area contributed by atoms with E-state index in [4.69, 9.17) is 24.2 Å². The lowest BCUT2D eigenvalue weighted by Gasteiger charge is -2.30. The van der Waals surface area contributed by atoms with Gasteiger partial charge in [-0.1, -0.05) is 54.6 Å². The van der Waals surface area contributed by atoms with Crippen molar-refractivity contribution in [2.75, 3.05) is 34.4 Å². The number of carbonyl (C=O) groups excluding carboxylic acids is 4. The van der Waals surface area contributed by atoms with Crippen molar-refractivity contribution in [3.05, 3.63) is 115 Å². The summed E-state index contributed by atoms with van der Waals surface area (Å²) in [6.07, 6.45) is 6.50. The van der Waals surface area contributed by atoms with Gasteiger partial charge in [0.25, 0.3) is 5.91 Å². The van der Waals surface area contributed by atoms with Crippen LogP contribution in [-0.2, 0) is 23.8 Å². The SMILES string of the molecule is COC(=O)NC(C(=O)N1CCC[C@H]1c1ncc(-c2ccc3cc(-c4ccc(-c5cnc([C@@H]6CCCN6C(=O)[C@H](NC(=O)OC)c6ccccc6)[nH]5)cn4)ccc3c2)[nH]1)[C@@H](C)OC. The average Bonchev–Trinajstić information content (AvgIpc) is 4.17. The van der Waals surface area contributed by atoms with Crippen LogP contribution in [0.5, 0.6) is 0 Å². The Bertz CT molecular complexity index is 2560. The summed E-state index contributed by atoms with van der Waals surface area (Å²) in [4.78, 5) is 76.4. The van der Waals surface area contributed by atoms with E-state index in [0.29, 0.717) is 30.3 Å². The van der Waals surface area contributed by atoms with Crippen molar-refractivity contribution in [1.82, 2.24) is 45.4 Å². The topological polar surface area (TPSA) is 197 Å². The average molecular weight is 840 g/mol. The zero-order valence-corrected chi connectivity index (χ0v) is 35.0. The highest BCUT2D eigenvalue weighted by atomic mass is 16.5. The molecule has 3 aromatic carbocycles. The molecule has 2 aliphatic rings. The minimum Gasteiger partial charge on any atom is -0.453 e. The number of aromatic nitrogens is 5. The van der Waals surface area contributed by atoms with E-state index in [1.807, 2.05) is 60.8 Å². The monoisotopic (exact) mass is 839 g/mol. The number of amides is 4. The zero-order valence-electron chi connectivity index (χ0n) is 35.0. The third-order valence-corrected chi connectivity index (χ3v) is 11.8. The van der Waals surface area contributed by atoms with E-state index in [1.54, 1.807) is 29.1 Å². The summed E-state index contributed by atoms with van der Waals surface area (Å²) in [7, 11) is 4.03. The van der Waals surface area contributed by atoms with Crippen LogP contribution in [0.4, 0.5) is 9.59 Å². The molecule has 320 valence electrons. The first-order valence-corrected chi connectivity index (χ1v) is 20.6. The summed E-state index contributed by atoms with van der Waals surface area (Å²) in [5.74, 6) is 0.877. The van der Waals surface area contributed by atoms with E-state index >= 15 is 0 Å². The Labute approximate surface area is 358 Å². The quantitative estimate of drug-likeness (QED) is 0.101. The predicted molar refractivity (Wildman–Crippen MR) is 230 cm³/mol. The number of likely N-dealkylation sites (tertiary alicyclic amines) is 2. The van der Waals surface area contributed by atoms with Gasteiger partial charge in [-0.3, -0.25) is 14.6 Å². The largest absolute Gasteiger partial charge is 0.453 e. The molecule has 1 unspecified atom stereocenters. The number of carbonyl (C=O) groups is 4. The number of imidazole rings is 2. The molecule has 16 heteroatoms. The third kappa shape index (κ3) is 8.59. The molecule has 0 saturated carbocycles. The van der Waals surface area contributed by atoms with Gasteiger partial charge >= 0.3 is 12.2 Å². The van der Waals surface area contributed by atoms with Crippen LogP contribution in [-0.4, -0.2) is 105 Å². The lowest BCUT2D eigenvalue weighted by Crippen LogP contribution is -2.54. The van der Waals surface area contributed by atoms with Crippen LogP contribution in [0.3, 0.4) is 0 Å². The number of alkyl carbamates (subject to hydrolysis) is 2. The molecule has 16 nitrogen and oxygen atoms in total. The minimum atomic E-state index is -0.904. The van der Waals surface area contributed by atoms with Crippen molar-refractivity contribution >= 4 is 34.8 Å². The van der Waals surface area contributed by atoms with Crippen molar-refractivity contribution in [3.8, 4) is 33.8 Å². The van der Waals surface area contributed by atoms with Crippen molar-refractivity contribution in [2.45, 2.75) is 62.9 Å². The van der Waals surface area contributed by atoms with Gasteiger partial charge in [-0.15, -0.1) is 0 Å². The normalized spacial score (nSPS) is 17.7. The Morgan fingerprint density at radius 1 is 0.661 bits per heavy atom. The van der Waals surface area contributed by atoms with Crippen LogP contribution >= 0.6 is 0 Å². The molecule has 0 aliphatic carbocycles. The Morgan fingerprint density at radius 3 is 1.82 bits per heavy atom. The van der Waals surface area contributed by atoms with Crippen molar-refractivity contribution in [2.24, 2.45) is 0 Å². The van der Waals surface area contributed by atoms with E-state index in [9.17, 15) is 19.2 Å². The number of hydrogen-bond acceptors (Lipinski definition) is 10. The summed E-state index contributed by atoms with van der Waals surface area (Å²) in [6, 6.07) is 23.2. The predicted octanol–water partition coefficient (Wildman–Crippen LogP) is 6.87. The Balaban J connectivity index is 0.942. The zero-order chi connectivity index (χ0) is 43.3. The van der Waals surface area contributed by atoms with Gasteiger partial charge in [0.2, 0.25) is 5.91 Å². The lowest BCUT2D eigenvalue weighted by atomic mass is 10.0. The number of methoxy groups -OCH3 is 3. The number of benzene rings is 3. The van der Waals surface area contributed by atoms with Crippen LogP contribution in [0, 0.1) is 0 Å². The molecular weight excluding hydrogens is 791 g/mol. The van der Waals surface area contributed by atoms with Gasteiger partial charge in [-0.05, 0) is 73.2 Å². The van der Waals surface area contributed by atoms with Crippen LogP contribution in [0.2, 0.25) is 0 Å². The first-order valence-electron chi connectivity index (χ1n) is 20.6. The molecule has 5 atom stereocenters. The van der Waals surface area contributed by atoms with E-state index in [2.05, 4.69) is 49.9 Å². The fourth-order valence-corrected chi connectivity index (χ4v) is 8.39. The number of pyridine rings is 1. The maximum Gasteiger partial charge on any atom is 0.407 e. The second-order valence-electron chi connectivity index (χ2n) is 15.5. The van der Waals surface area contributed by atoms with Crippen molar-refractivity contribution < 1.29 is 33.4 Å². The van der Waals surface area contributed by atoms with Gasteiger partial charge in [0.1, 0.15) is 23.7 Å². The van der Waals surface area contributed by atoms with Crippen LogP contribution < -0.4 is 10.6 Å². The maximum absolute atomic E-state index is 13.9. The number of ether oxygens (including phenoxy) is 3. The third-order valence-electron chi connectivity index (χ3n) is 11.8. The highest BCUT2D eigenvalue weighted by Crippen LogP contribution is 2.36. The molecule has 4 amide bonds. The van der Waals surface area contributed by atoms with Crippen LogP contribution in [0.1, 0.15) is 67.9 Å². The van der Waals surface area contributed by atoms with Crippen LogP contribution in [0.25, 0.3) is 44.5 Å². The smallest absolute Gasteiger partial charge is 0.407 e. The molecule has 0 radical (unpaired) electrons. The molecule has 4 N–H and O–H groups in total. The minimum absolute atomic E-state index is 0.226. The van der Waals surface area contributed by atoms with Crippen molar-refractivity contribution in [1.29, 1.82) is 0 Å². The van der Waals surface area contributed by atoms with Gasteiger partial charge in [0.15, 0.2) is 0 Å². The lowest BCUT2D eigenvalue weighted by molar-refractivity contribution is -0.137. The molecule has 62 heavy (non-hydrogen) atoms. The molecule has 3 aromatic heterocycles. The van der Waals surface area contributed by atoms with E-state index in [-0.39, 0.29) is 23.9 Å². The van der Waals surface area contributed by atoms with Gasteiger partial charge in [-0.25, -0.2) is 19.6 Å². The Kier molecular flexibility index (Phi) is 12.3. The number of nitrogens with one attached hydrogen (secondary N) is 4. The highest BCUT2D eigenvalue weighted by Gasteiger charge is 2.39. The number of H-pyrrole nitrogens is 2. The van der Waals surface area contributed by atoms with Gasteiger partial charge in [0.05, 0.1) is 61.9 Å². The molecule has 5 heterocycles. The highest BCUT2D eigenvalue weighted by molar-refractivity contribution is 5.91. The first-order chi connectivity index (χ1) is 30.1. The van der Waals surface area contributed by atoms with E-state index < -0.39 is 30.4 Å². The van der Waals surface area contributed by atoms with Gasteiger partial charge in [-0.2, -0.15) is 0 Å². The Hall–Kier alpha value is -7.07. The summed E-state index contributed by atoms with van der Waals surface area (Å²) in [5.41, 5.74) is 5.88. The van der Waals surface area contributed by atoms with Gasteiger partial charge in [0, 0.05) is 43.1 Å². The van der Waals surface area contributed by atoms with Crippen LogP contribution in [0.15, 0.2) is 97.5 Å². The summed E-state index contributed by atoms with van der Waals surface area (Å²) in [6.45, 7) is 2.81. The maximum atomic E-state index is 13.9. The molecular formula is C46H49N9O7. The number of fused-ring (bicyclic) bond motifs is 1. The molecule has 2 aliphatic heterocycles. The fraction of sp³-hybridized carbons (Fsp3) is 0.326. The summed E-state index contributed by atoms with van der Waals surface area (Å²) in [5, 5.41) is 7.42. The second kappa shape index (κ2) is 18.3. The van der Waals surface area contributed by atoms with E-state index in [1.165, 1.54) is 21.3 Å². The number of aromatic amines is 2. The van der Waals surface area contributed by atoms with E-state index in [0.717, 1.165) is 70.2 Å². The number of nitrogens with zero attached hydrogens (tertiary/aromatic N) is 5. The molecule has 2 saturated heterocycles. The standard InChI is InChI=1S/C46H49N9O7/c1-27(60-2)39(52-45(58)61-3)43(56)54-20-8-12-37(54)41-48-25-35(50-41)32-17-15-29-22-31(16-14-30(29)23-32)34-19-18-33(24-47-34)36-26-49-42(51-36)38-13-9-21-55(38)44(57)40(53-46(59)62-4)28-10-6-5-7-11-28/h5-7,10-11,14-19,22-27,37-40H,8-9,12-13,20-21H2,1-4H3,(H,48,50)(H,49,51)(H,52,58)(H,53,59)/t27-,37+,38+,39?,40-/m1/s1. The summed E-state index contributed by atoms with van der Waals surface area (Å²) >= 11 is 0. The van der Waals surface area contributed by atoms with Gasteiger partial charge < -0.3 is 44.6 Å². The van der Waals surface area contributed by atoms with Crippen molar-refractivity contribution in [3.63, 3.8) is 0 Å². The number of hydrogen-bond donors (Lipinski definition) is 4.